The lowest BCUT2D eigenvalue weighted by molar-refractivity contribution is -0.106. The summed E-state index contributed by atoms with van der Waals surface area (Å²) in [4.78, 5) is 35.6. The normalized spacial score (nSPS) is 10.2. The van der Waals surface area contributed by atoms with E-state index in [4.69, 9.17) is 0 Å². The summed E-state index contributed by atoms with van der Waals surface area (Å²) >= 11 is 0. The zero-order chi connectivity index (χ0) is 18.5. The number of nitrogens with one attached hydrogen (secondary N) is 3. The second kappa shape index (κ2) is 7.35. The number of benzene rings is 2. The molecule has 0 saturated carbocycles. The number of aromatic hydroxyl groups is 1. The van der Waals surface area contributed by atoms with Crippen molar-refractivity contribution in [1.82, 2.24) is 4.98 Å². The number of carbonyl (C=O) groups excluding carboxylic acids is 2. The van der Waals surface area contributed by atoms with E-state index in [9.17, 15) is 19.5 Å². The standard InChI is InChI=1S/C19H15N3O4/c23-10-20-14-5-1-12(2-6-14)16-9-17(25)19(26)22-18(16)13-3-7-15(8-4-13)21-11-24/h1-11,25H,(H,20,23)(H,21,24)(H,22,26). The molecule has 0 atom stereocenters. The molecule has 0 aliphatic carbocycles. The van der Waals surface area contributed by atoms with Crippen LogP contribution in [-0.4, -0.2) is 22.9 Å². The minimum atomic E-state index is -0.599. The first-order chi connectivity index (χ1) is 12.6. The SMILES string of the molecule is O=CNc1ccc(-c2cc(O)c(=O)[nH]c2-c2ccc(NC=O)cc2)cc1. The van der Waals surface area contributed by atoms with Gasteiger partial charge in [0.05, 0.1) is 5.69 Å². The lowest BCUT2D eigenvalue weighted by atomic mass is 9.98. The summed E-state index contributed by atoms with van der Waals surface area (Å²) < 4.78 is 0. The van der Waals surface area contributed by atoms with Crippen molar-refractivity contribution in [2.24, 2.45) is 0 Å². The van der Waals surface area contributed by atoms with Crippen molar-refractivity contribution in [3.05, 3.63) is 65.0 Å². The fourth-order valence-electron chi connectivity index (χ4n) is 2.59. The maximum Gasteiger partial charge on any atom is 0.290 e. The maximum absolute atomic E-state index is 11.9. The number of hydrogen-bond donors (Lipinski definition) is 4. The number of carbonyl (C=O) groups is 2. The molecule has 0 aliphatic heterocycles. The molecule has 0 bridgehead atoms. The van der Waals surface area contributed by atoms with Crippen LogP contribution in [0, 0.1) is 0 Å². The van der Waals surface area contributed by atoms with Crippen LogP contribution in [0.25, 0.3) is 22.4 Å². The Morgan fingerprint density at radius 3 is 1.81 bits per heavy atom. The van der Waals surface area contributed by atoms with Crippen molar-refractivity contribution >= 4 is 24.2 Å². The van der Waals surface area contributed by atoms with E-state index in [0.29, 0.717) is 41.0 Å². The molecular weight excluding hydrogens is 334 g/mol. The van der Waals surface area contributed by atoms with E-state index in [1.54, 1.807) is 48.5 Å². The lowest BCUT2D eigenvalue weighted by Crippen LogP contribution is -2.07. The van der Waals surface area contributed by atoms with Crippen LogP contribution in [0.15, 0.2) is 59.4 Å². The summed E-state index contributed by atoms with van der Waals surface area (Å²) in [5, 5.41) is 14.9. The number of aromatic nitrogens is 1. The Morgan fingerprint density at radius 2 is 1.31 bits per heavy atom. The summed E-state index contributed by atoms with van der Waals surface area (Å²) in [5.74, 6) is -0.391. The Morgan fingerprint density at radius 1 is 0.808 bits per heavy atom. The Bertz CT molecular complexity index is 993. The number of hydrogen-bond acceptors (Lipinski definition) is 4. The van der Waals surface area contributed by atoms with Gasteiger partial charge in [-0.25, -0.2) is 0 Å². The minimum absolute atomic E-state index is 0.391. The molecule has 0 aliphatic rings. The van der Waals surface area contributed by atoms with Gasteiger partial charge in [0.15, 0.2) is 5.75 Å². The number of pyridine rings is 1. The maximum atomic E-state index is 11.9. The van der Waals surface area contributed by atoms with Crippen LogP contribution in [0.4, 0.5) is 11.4 Å². The van der Waals surface area contributed by atoms with Gasteiger partial charge in [-0.2, -0.15) is 0 Å². The van der Waals surface area contributed by atoms with Crippen molar-refractivity contribution in [2.75, 3.05) is 10.6 Å². The van der Waals surface area contributed by atoms with Gasteiger partial charge in [-0.3, -0.25) is 14.4 Å². The Kier molecular flexibility index (Phi) is 4.80. The number of rotatable bonds is 6. The molecule has 0 unspecified atom stereocenters. The van der Waals surface area contributed by atoms with Gasteiger partial charge in [-0.1, -0.05) is 24.3 Å². The molecule has 3 aromatic rings. The van der Waals surface area contributed by atoms with Gasteiger partial charge in [0.25, 0.3) is 5.56 Å². The molecular formula is C19H15N3O4. The summed E-state index contributed by atoms with van der Waals surface area (Å²) in [6, 6.07) is 15.3. The highest BCUT2D eigenvalue weighted by Gasteiger charge is 2.12. The molecule has 130 valence electrons. The molecule has 26 heavy (non-hydrogen) atoms. The highest BCUT2D eigenvalue weighted by molar-refractivity contribution is 5.83. The molecule has 0 saturated heterocycles. The van der Waals surface area contributed by atoms with Crippen LogP contribution < -0.4 is 16.2 Å². The molecule has 2 amide bonds. The van der Waals surface area contributed by atoms with Gasteiger partial charge in [-0.05, 0) is 41.5 Å². The molecule has 0 radical (unpaired) electrons. The fourth-order valence-corrected chi connectivity index (χ4v) is 2.59. The van der Waals surface area contributed by atoms with Crippen LogP contribution in [0.2, 0.25) is 0 Å². The van der Waals surface area contributed by atoms with Crippen molar-refractivity contribution in [3.8, 4) is 28.1 Å². The van der Waals surface area contributed by atoms with E-state index < -0.39 is 11.3 Å². The third-order valence-corrected chi connectivity index (χ3v) is 3.84. The van der Waals surface area contributed by atoms with Crippen LogP contribution in [0.5, 0.6) is 5.75 Å². The second-order valence-corrected chi connectivity index (χ2v) is 5.45. The monoisotopic (exact) mass is 349 g/mol. The second-order valence-electron chi connectivity index (χ2n) is 5.45. The van der Waals surface area contributed by atoms with Crippen LogP contribution >= 0.6 is 0 Å². The van der Waals surface area contributed by atoms with Gasteiger partial charge in [0, 0.05) is 16.9 Å². The average molecular weight is 349 g/mol. The number of H-pyrrole nitrogens is 1. The molecule has 4 N–H and O–H groups in total. The smallest absolute Gasteiger partial charge is 0.290 e. The molecule has 3 rings (SSSR count). The molecule has 1 heterocycles. The van der Waals surface area contributed by atoms with Crippen molar-refractivity contribution in [2.45, 2.75) is 0 Å². The average Bonchev–Trinajstić information content (AvgIpc) is 2.66. The van der Waals surface area contributed by atoms with Gasteiger partial charge in [0.1, 0.15) is 0 Å². The minimum Gasteiger partial charge on any atom is -0.503 e. The predicted octanol–water partition coefficient (Wildman–Crippen LogP) is 2.55. The van der Waals surface area contributed by atoms with E-state index in [1.165, 1.54) is 6.07 Å². The highest BCUT2D eigenvalue weighted by Crippen LogP contribution is 2.32. The largest absolute Gasteiger partial charge is 0.503 e. The zero-order valence-corrected chi connectivity index (χ0v) is 13.5. The van der Waals surface area contributed by atoms with Gasteiger partial charge in [0.2, 0.25) is 12.8 Å². The molecule has 0 spiro atoms. The first-order valence-corrected chi connectivity index (χ1v) is 7.70. The van der Waals surface area contributed by atoms with Crippen molar-refractivity contribution < 1.29 is 14.7 Å². The Labute approximate surface area is 148 Å². The van der Waals surface area contributed by atoms with Gasteiger partial charge < -0.3 is 20.7 Å². The lowest BCUT2D eigenvalue weighted by Gasteiger charge is -2.12. The molecule has 1 aromatic heterocycles. The van der Waals surface area contributed by atoms with E-state index in [1.807, 2.05) is 0 Å². The molecule has 2 aromatic carbocycles. The first-order valence-electron chi connectivity index (χ1n) is 7.70. The van der Waals surface area contributed by atoms with Crippen molar-refractivity contribution in [3.63, 3.8) is 0 Å². The topological polar surface area (TPSA) is 111 Å². The molecule has 0 fully saturated rings. The van der Waals surface area contributed by atoms with E-state index in [2.05, 4.69) is 15.6 Å². The number of aromatic amines is 1. The van der Waals surface area contributed by atoms with Crippen LogP contribution in [0.3, 0.4) is 0 Å². The summed E-state index contributed by atoms with van der Waals surface area (Å²) in [6.45, 7) is 0. The number of amides is 2. The first kappa shape index (κ1) is 17.0. The molecule has 7 heteroatoms. The van der Waals surface area contributed by atoms with E-state index in [-0.39, 0.29) is 0 Å². The predicted molar refractivity (Wildman–Crippen MR) is 99.0 cm³/mol. The summed E-state index contributed by atoms with van der Waals surface area (Å²) in [5.41, 5.74) is 3.26. The Hall–Kier alpha value is -3.87. The van der Waals surface area contributed by atoms with Gasteiger partial charge >= 0.3 is 0 Å². The molecule has 7 nitrogen and oxygen atoms in total. The fraction of sp³-hybridized carbons (Fsp3) is 0. The van der Waals surface area contributed by atoms with Gasteiger partial charge in [-0.15, -0.1) is 0 Å². The Balaban J connectivity index is 2.09. The summed E-state index contributed by atoms with van der Waals surface area (Å²) in [6.07, 6.45) is 1.17. The third-order valence-electron chi connectivity index (χ3n) is 3.84. The third kappa shape index (κ3) is 3.46. The number of anilines is 2. The summed E-state index contributed by atoms with van der Waals surface area (Å²) in [7, 11) is 0. The zero-order valence-electron chi connectivity index (χ0n) is 13.5. The highest BCUT2D eigenvalue weighted by atomic mass is 16.3. The van der Waals surface area contributed by atoms with Crippen molar-refractivity contribution in [1.29, 1.82) is 0 Å². The van der Waals surface area contributed by atoms with E-state index in [0.717, 1.165) is 5.56 Å². The van der Waals surface area contributed by atoms with Crippen LogP contribution in [0.1, 0.15) is 0 Å². The quantitative estimate of drug-likeness (QED) is 0.512. The van der Waals surface area contributed by atoms with Crippen LogP contribution in [-0.2, 0) is 9.59 Å². The van der Waals surface area contributed by atoms with E-state index >= 15 is 0 Å².